The summed E-state index contributed by atoms with van der Waals surface area (Å²) in [7, 11) is 0. The predicted molar refractivity (Wildman–Crippen MR) is 99.4 cm³/mol. The van der Waals surface area contributed by atoms with E-state index >= 15 is 0 Å². The molecule has 0 atom stereocenters. The predicted octanol–water partition coefficient (Wildman–Crippen LogP) is 0.758. The van der Waals surface area contributed by atoms with Gasteiger partial charge < -0.3 is 19.8 Å². The first-order valence-electron chi connectivity index (χ1n) is 9.30. The number of rotatable bonds is 11. The minimum absolute atomic E-state index is 0.104. The van der Waals surface area contributed by atoms with Crippen LogP contribution in [0.15, 0.2) is 0 Å². The molecule has 0 saturated carbocycles. The number of carboxylic acid groups (broad SMARTS) is 2. The normalized spacial score (nSPS) is 10.0. The summed E-state index contributed by atoms with van der Waals surface area (Å²) >= 11 is 2.19. The third-order valence-corrected chi connectivity index (χ3v) is 4.34. The van der Waals surface area contributed by atoms with Gasteiger partial charge in [-0.3, -0.25) is 9.59 Å². The molecule has 0 aromatic carbocycles. The molecule has 0 aliphatic heterocycles. The second-order valence-corrected chi connectivity index (χ2v) is 6.51. The molecule has 0 unspecified atom stereocenters. The van der Waals surface area contributed by atoms with E-state index in [1.165, 1.54) is 0 Å². The number of aliphatic carboxylic acids is 2. The molecule has 0 rings (SSSR count). The van der Waals surface area contributed by atoms with Crippen molar-refractivity contribution in [1.82, 2.24) is 0 Å². The maximum Gasteiger partial charge on any atom is 0.141 e. The summed E-state index contributed by atoms with van der Waals surface area (Å²) < 4.78 is 4.67. The van der Waals surface area contributed by atoms with Gasteiger partial charge in [0.05, 0.1) is 0 Å². The molecule has 0 heterocycles. The zero-order valence-corrected chi connectivity index (χ0v) is 18.6. The molecule has 0 radical (unpaired) electrons. The molecular weight excluding hydrogens is 367 g/mol. The molecule has 0 saturated heterocycles. The van der Waals surface area contributed by atoms with Crippen LogP contribution < -0.4 is 10.2 Å². The SMILES string of the molecule is CC(C)[O][Al+2].CCC(CC)C(=O)CC(=O)[O-].CCC(CC)C(=O)CC(=O)[O-]. The van der Waals surface area contributed by atoms with Gasteiger partial charge in [0.15, 0.2) is 0 Å². The summed E-state index contributed by atoms with van der Waals surface area (Å²) in [5.74, 6) is -3.19. The first-order valence-corrected chi connectivity index (χ1v) is 9.78. The van der Waals surface area contributed by atoms with Crippen LogP contribution in [0.25, 0.3) is 0 Å². The Balaban J connectivity index is -0.000000344. The first kappa shape index (κ1) is 30.5. The van der Waals surface area contributed by atoms with Gasteiger partial charge in [-0.25, -0.2) is 0 Å². The van der Waals surface area contributed by atoms with Crippen LogP contribution in [0.5, 0.6) is 0 Å². The Morgan fingerprint density at radius 3 is 1.07 bits per heavy atom. The van der Waals surface area contributed by atoms with Crippen molar-refractivity contribution in [1.29, 1.82) is 0 Å². The number of carbonyl (C=O) groups excluding carboxylic acids is 4. The van der Waals surface area contributed by atoms with Crippen molar-refractivity contribution in [3.05, 3.63) is 0 Å². The second kappa shape index (κ2) is 19.5. The van der Waals surface area contributed by atoms with Crippen molar-refractivity contribution in [2.24, 2.45) is 11.8 Å². The molecule has 0 amide bonds. The Bertz CT molecular complexity index is 392. The van der Waals surface area contributed by atoms with Crippen molar-refractivity contribution in [2.75, 3.05) is 0 Å². The number of ketones is 2. The van der Waals surface area contributed by atoms with Gasteiger partial charge in [-0.05, 0) is 25.7 Å². The molecule has 0 fully saturated rings. The van der Waals surface area contributed by atoms with Crippen molar-refractivity contribution < 1.29 is 33.2 Å². The van der Waals surface area contributed by atoms with Crippen molar-refractivity contribution in [3.8, 4) is 0 Å². The van der Waals surface area contributed by atoms with Gasteiger partial charge in [-0.2, -0.15) is 0 Å². The quantitative estimate of drug-likeness (QED) is 0.370. The largest absolute Gasteiger partial charge is 0.550 e. The van der Waals surface area contributed by atoms with Crippen LogP contribution >= 0.6 is 0 Å². The van der Waals surface area contributed by atoms with Crippen LogP contribution in [0.2, 0.25) is 0 Å². The topological polar surface area (TPSA) is 124 Å². The van der Waals surface area contributed by atoms with Gasteiger partial charge in [0.2, 0.25) is 0 Å². The number of hydrogen-bond donors (Lipinski definition) is 0. The molecule has 27 heavy (non-hydrogen) atoms. The van der Waals surface area contributed by atoms with Crippen molar-refractivity contribution >= 4 is 40.1 Å². The van der Waals surface area contributed by atoms with Gasteiger partial charge in [0.1, 0.15) is 11.6 Å². The second-order valence-electron chi connectivity index (χ2n) is 6.24. The van der Waals surface area contributed by atoms with Crippen LogP contribution in [0.4, 0.5) is 0 Å². The maximum atomic E-state index is 11.0. The zero-order valence-electron chi connectivity index (χ0n) is 17.4. The summed E-state index contributed by atoms with van der Waals surface area (Å²) in [4.78, 5) is 42.0. The molecule has 154 valence electrons. The van der Waals surface area contributed by atoms with E-state index < -0.39 is 24.8 Å². The Kier molecular flexibility index (Phi) is 22.1. The van der Waals surface area contributed by atoms with Gasteiger partial charge in [-0.15, -0.1) is 0 Å². The third kappa shape index (κ3) is 20.9. The molecule has 0 aliphatic rings. The van der Waals surface area contributed by atoms with E-state index in [0.717, 1.165) is 0 Å². The molecule has 0 bridgehead atoms. The smallest absolute Gasteiger partial charge is 0.141 e. The molecule has 8 heteroatoms. The van der Waals surface area contributed by atoms with Gasteiger partial charge in [-0.1, -0.05) is 27.7 Å². The van der Waals surface area contributed by atoms with Gasteiger partial charge >= 0.3 is 40.4 Å². The monoisotopic (exact) mass is 400 g/mol. The van der Waals surface area contributed by atoms with E-state index in [1.807, 2.05) is 41.5 Å². The molecule has 0 spiro atoms. The molecule has 0 aromatic heterocycles. The maximum absolute atomic E-state index is 11.0. The summed E-state index contributed by atoms with van der Waals surface area (Å²) in [5.41, 5.74) is 0. The minimum Gasteiger partial charge on any atom is -0.550 e. The van der Waals surface area contributed by atoms with Gasteiger partial charge in [0, 0.05) is 36.6 Å². The Morgan fingerprint density at radius 1 is 0.741 bits per heavy atom. The molecular formula is C19H33AlO7. The van der Waals surface area contributed by atoms with Crippen LogP contribution in [0.1, 0.15) is 80.1 Å². The van der Waals surface area contributed by atoms with Crippen molar-refractivity contribution in [2.45, 2.75) is 86.2 Å². The van der Waals surface area contributed by atoms with Gasteiger partial charge in [0.25, 0.3) is 0 Å². The fourth-order valence-electron chi connectivity index (χ4n) is 2.06. The summed E-state index contributed by atoms with van der Waals surface area (Å²) in [6.07, 6.45) is 2.31. The van der Waals surface area contributed by atoms with Crippen LogP contribution in [0.3, 0.4) is 0 Å². The Labute approximate surface area is 171 Å². The average molecular weight is 400 g/mol. The van der Waals surface area contributed by atoms with Crippen LogP contribution in [0, 0.1) is 11.8 Å². The van der Waals surface area contributed by atoms with E-state index in [4.69, 9.17) is 0 Å². The zero-order chi connectivity index (χ0) is 22.0. The van der Waals surface area contributed by atoms with Crippen molar-refractivity contribution in [3.63, 3.8) is 0 Å². The van der Waals surface area contributed by atoms with Crippen LogP contribution in [-0.2, 0) is 23.0 Å². The first-order chi connectivity index (χ1) is 12.5. The molecule has 7 nitrogen and oxygen atoms in total. The fraction of sp³-hybridized carbons (Fsp3) is 0.789. The number of hydrogen-bond acceptors (Lipinski definition) is 7. The Hall–Kier alpha value is -1.23. The van der Waals surface area contributed by atoms with E-state index in [-0.39, 0.29) is 23.4 Å². The number of carbonyl (C=O) groups is 4. The van der Waals surface area contributed by atoms with E-state index in [0.29, 0.717) is 31.8 Å². The van der Waals surface area contributed by atoms with Crippen LogP contribution in [-0.4, -0.2) is 46.2 Å². The van der Waals surface area contributed by atoms with E-state index in [9.17, 15) is 29.4 Å². The molecule has 0 aliphatic carbocycles. The van der Waals surface area contributed by atoms with E-state index in [1.54, 1.807) is 0 Å². The third-order valence-electron chi connectivity index (χ3n) is 3.79. The standard InChI is InChI=1S/2C8H14O3.C3H7O.Al/c2*1-3-6(4-2)7(9)5-8(10)11;1-3(2)4;/h2*6H,3-5H2,1-2H3,(H,10,11);3H,1-2H3;/q;;-1;+3/p-2. The fourth-order valence-corrected chi connectivity index (χ4v) is 2.06. The Morgan fingerprint density at radius 2 is 0.963 bits per heavy atom. The molecule has 0 N–H and O–H groups in total. The summed E-state index contributed by atoms with van der Waals surface area (Å²) in [6, 6.07) is 0. The minimum atomic E-state index is -1.28. The molecule has 0 aromatic rings. The number of carboxylic acids is 2. The van der Waals surface area contributed by atoms with E-state index in [2.05, 4.69) is 20.4 Å². The summed E-state index contributed by atoms with van der Waals surface area (Å²) in [5, 5.41) is 20.0. The average Bonchev–Trinajstić information content (AvgIpc) is 2.56. The number of Topliss-reactive ketones (excluding diaryl/α,β-unsaturated/α-hetero) is 2. The summed E-state index contributed by atoms with van der Waals surface area (Å²) in [6.45, 7) is 11.5.